The molecule has 0 aliphatic carbocycles. The minimum absolute atomic E-state index is 0.0376. The van der Waals surface area contributed by atoms with E-state index in [0.717, 1.165) is 6.07 Å². The van der Waals surface area contributed by atoms with E-state index in [4.69, 9.17) is 4.74 Å². The summed E-state index contributed by atoms with van der Waals surface area (Å²) in [6.45, 7) is 5.27. The van der Waals surface area contributed by atoms with Crippen molar-refractivity contribution in [3.8, 4) is 11.3 Å². The smallest absolute Gasteiger partial charge is 0.410 e. The second-order valence-corrected chi connectivity index (χ2v) is 6.74. The zero-order valence-corrected chi connectivity index (χ0v) is 15.2. The number of ether oxygens (including phenoxy) is 1. The second kappa shape index (κ2) is 7.06. The Kier molecular flexibility index (Phi) is 5.24. The first kappa shape index (κ1) is 19.3. The Labute approximate surface area is 149 Å². The van der Waals surface area contributed by atoms with Gasteiger partial charge >= 0.3 is 11.8 Å². The van der Waals surface area contributed by atoms with Crippen molar-refractivity contribution in [1.82, 2.24) is 19.9 Å². The molecule has 1 heterocycles. The second-order valence-electron chi connectivity index (χ2n) is 6.74. The molecule has 2 aromatic rings. The van der Waals surface area contributed by atoms with E-state index in [0.29, 0.717) is 5.69 Å². The van der Waals surface area contributed by atoms with Crippen LogP contribution < -0.4 is 0 Å². The number of carbonyl (C=O) groups excluding carboxylic acids is 1. The molecule has 10 heteroatoms. The molecule has 0 fully saturated rings. The number of carbonyl (C=O) groups is 1. The number of nitro benzene ring substituents is 1. The molecule has 1 amide bonds. The van der Waals surface area contributed by atoms with Crippen molar-refractivity contribution < 1.29 is 18.8 Å². The molecule has 0 spiro atoms. The summed E-state index contributed by atoms with van der Waals surface area (Å²) in [5.74, 6) is -1.00. The highest BCUT2D eigenvalue weighted by molar-refractivity contribution is 5.69. The molecule has 0 saturated carbocycles. The summed E-state index contributed by atoms with van der Waals surface area (Å²) >= 11 is 0. The van der Waals surface area contributed by atoms with Crippen LogP contribution >= 0.6 is 0 Å². The number of hydrogen-bond donors (Lipinski definition) is 0. The van der Waals surface area contributed by atoms with E-state index in [1.807, 2.05) is 0 Å². The third-order valence-electron chi connectivity index (χ3n) is 3.47. The normalized spacial score (nSPS) is 11.3. The van der Waals surface area contributed by atoms with Gasteiger partial charge in [0.2, 0.25) is 5.82 Å². The summed E-state index contributed by atoms with van der Waals surface area (Å²) in [7, 11) is 3.11. The molecule has 0 radical (unpaired) electrons. The van der Waals surface area contributed by atoms with Crippen molar-refractivity contribution >= 4 is 11.8 Å². The first-order chi connectivity index (χ1) is 12.0. The van der Waals surface area contributed by atoms with E-state index in [2.05, 4.69) is 10.3 Å². The molecule has 140 valence electrons. The fourth-order valence-corrected chi connectivity index (χ4v) is 2.24. The van der Waals surface area contributed by atoms with Gasteiger partial charge in [0.25, 0.3) is 0 Å². The van der Waals surface area contributed by atoms with E-state index in [1.54, 1.807) is 27.8 Å². The number of aromatic nitrogens is 3. The zero-order valence-electron chi connectivity index (χ0n) is 15.2. The number of halogens is 1. The lowest BCUT2D eigenvalue weighted by Crippen LogP contribution is -2.34. The van der Waals surface area contributed by atoms with Gasteiger partial charge in [-0.3, -0.25) is 10.1 Å². The quantitative estimate of drug-likeness (QED) is 0.609. The lowest BCUT2D eigenvalue weighted by molar-refractivity contribution is -0.387. The molecule has 0 unspecified atom stereocenters. The monoisotopic (exact) mass is 365 g/mol. The molecule has 0 aliphatic rings. The molecular weight excluding hydrogens is 345 g/mol. The third kappa shape index (κ3) is 4.13. The SMILES string of the molecule is CN(Cc1c(-c2cccc([N+](=O)[O-])c2F)nnn1C)C(=O)OC(C)(C)C. The lowest BCUT2D eigenvalue weighted by atomic mass is 10.1. The van der Waals surface area contributed by atoms with Crippen molar-refractivity contribution in [2.75, 3.05) is 7.05 Å². The van der Waals surface area contributed by atoms with Gasteiger partial charge in [-0.25, -0.2) is 9.48 Å². The van der Waals surface area contributed by atoms with E-state index in [9.17, 15) is 19.3 Å². The molecule has 0 saturated heterocycles. The van der Waals surface area contributed by atoms with E-state index in [1.165, 1.54) is 28.8 Å². The maximum Gasteiger partial charge on any atom is 0.410 e. The number of nitro groups is 1. The molecule has 0 atom stereocenters. The predicted molar refractivity (Wildman–Crippen MR) is 90.8 cm³/mol. The summed E-state index contributed by atoms with van der Waals surface area (Å²) in [5, 5.41) is 18.7. The molecular formula is C16H20FN5O4. The summed E-state index contributed by atoms with van der Waals surface area (Å²) < 4.78 is 21.2. The highest BCUT2D eigenvalue weighted by Crippen LogP contribution is 2.30. The van der Waals surface area contributed by atoms with Gasteiger partial charge in [0.1, 0.15) is 11.3 Å². The van der Waals surface area contributed by atoms with E-state index < -0.39 is 28.1 Å². The summed E-state index contributed by atoms with van der Waals surface area (Å²) in [6, 6.07) is 3.82. The number of hydrogen-bond acceptors (Lipinski definition) is 6. The molecule has 26 heavy (non-hydrogen) atoms. The molecule has 1 aromatic heterocycles. The van der Waals surface area contributed by atoms with Gasteiger partial charge in [-0.1, -0.05) is 11.3 Å². The van der Waals surface area contributed by atoms with E-state index in [-0.39, 0.29) is 17.8 Å². The molecule has 0 bridgehead atoms. The first-order valence-corrected chi connectivity index (χ1v) is 7.77. The highest BCUT2D eigenvalue weighted by Gasteiger charge is 2.26. The Morgan fingerprint density at radius 2 is 2.08 bits per heavy atom. The fourth-order valence-electron chi connectivity index (χ4n) is 2.24. The Balaban J connectivity index is 2.37. The van der Waals surface area contributed by atoms with Crippen molar-refractivity contribution in [3.05, 3.63) is 39.8 Å². The molecule has 1 aromatic carbocycles. The van der Waals surface area contributed by atoms with Gasteiger partial charge in [0.05, 0.1) is 17.2 Å². The maximum atomic E-state index is 14.5. The number of benzene rings is 1. The maximum absolute atomic E-state index is 14.5. The Morgan fingerprint density at radius 3 is 2.65 bits per heavy atom. The summed E-state index contributed by atoms with van der Waals surface area (Å²) in [6.07, 6.45) is -0.566. The van der Waals surface area contributed by atoms with Crippen LogP contribution in [0.5, 0.6) is 0 Å². The van der Waals surface area contributed by atoms with Crippen molar-refractivity contribution in [1.29, 1.82) is 0 Å². The minimum atomic E-state index is -1.00. The number of rotatable bonds is 4. The topological polar surface area (TPSA) is 103 Å². The van der Waals surface area contributed by atoms with Gasteiger partial charge in [-0.15, -0.1) is 5.10 Å². The third-order valence-corrected chi connectivity index (χ3v) is 3.47. The van der Waals surface area contributed by atoms with Crippen LogP contribution in [0.4, 0.5) is 14.9 Å². The van der Waals surface area contributed by atoms with Crippen LogP contribution in [0.15, 0.2) is 18.2 Å². The van der Waals surface area contributed by atoms with Crippen molar-refractivity contribution in [3.63, 3.8) is 0 Å². The average Bonchev–Trinajstić information content (AvgIpc) is 2.86. The number of amides is 1. The van der Waals surface area contributed by atoms with Gasteiger partial charge in [0, 0.05) is 25.7 Å². The van der Waals surface area contributed by atoms with Crippen LogP contribution in [-0.4, -0.2) is 43.6 Å². The fraction of sp³-hybridized carbons (Fsp3) is 0.438. The lowest BCUT2D eigenvalue weighted by Gasteiger charge is -2.24. The molecule has 0 N–H and O–H groups in total. The number of nitrogens with zero attached hydrogens (tertiary/aromatic N) is 5. The first-order valence-electron chi connectivity index (χ1n) is 7.77. The van der Waals surface area contributed by atoms with Crippen LogP contribution in [0.3, 0.4) is 0 Å². The van der Waals surface area contributed by atoms with Crippen LogP contribution in [0, 0.1) is 15.9 Å². The molecule has 2 rings (SSSR count). The van der Waals surface area contributed by atoms with Crippen LogP contribution in [0.1, 0.15) is 26.5 Å². The Morgan fingerprint density at radius 1 is 1.42 bits per heavy atom. The molecule has 0 aliphatic heterocycles. The van der Waals surface area contributed by atoms with Gasteiger partial charge in [-0.2, -0.15) is 4.39 Å². The average molecular weight is 365 g/mol. The Bertz CT molecular complexity index is 844. The number of aryl methyl sites for hydroxylation is 1. The standard InChI is InChI=1S/C16H20FN5O4/c1-16(2,3)26-15(23)20(4)9-12-14(18-19-21(12)5)10-7-6-8-11(13(10)17)22(24)25/h6-8H,9H2,1-5H3. The van der Waals surface area contributed by atoms with E-state index >= 15 is 0 Å². The van der Waals surface area contributed by atoms with Gasteiger partial charge in [0.15, 0.2) is 0 Å². The van der Waals surface area contributed by atoms with Crippen LogP contribution in [-0.2, 0) is 18.3 Å². The van der Waals surface area contributed by atoms with Crippen molar-refractivity contribution in [2.24, 2.45) is 7.05 Å². The predicted octanol–water partition coefficient (Wildman–Crippen LogP) is 2.90. The zero-order chi connectivity index (χ0) is 19.6. The van der Waals surface area contributed by atoms with Crippen LogP contribution in [0.25, 0.3) is 11.3 Å². The highest BCUT2D eigenvalue weighted by atomic mass is 19.1. The van der Waals surface area contributed by atoms with Gasteiger partial charge < -0.3 is 9.64 Å². The van der Waals surface area contributed by atoms with Gasteiger partial charge in [-0.05, 0) is 26.8 Å². The Hall–Kier alpha value is -3.04. The summed E-state index contributed by atoms with van der Waals surface area (Å²) in [4.78, 5) is 23.6. The largest absolute Gasteiger partial charge is 0.444 e. The van der Waals surface area contributed by atoms with Crippen LogP contribution in [0.2, 0.25) is 0 Å². The summed E-state index contributed by atoms with van der Waals surface area (Å²) in [5.41, 5.74) is -0.827. The molecule has 9 nitrogen and oxygen atoms in total. The van der Waals surface area contributed by atoms with Crippen molar-refractivity contribution in [2.45, 2.75) is 32.9 Å². The minimum Gasteiger partial charge on any atom is -0.444 e.